The lowest BCUT2D eigenvalue weighted by Crippen LogP contribution is -2.36. The fourth-order valence-corrected chi connectivity index (χ4v) is 3.35. The Bertz CT molecular complexity index is 379. The van der Waals surface area contributed by atoms with E-state index in [2.05, 4.69) is 26.0 Å². The Kier molecular flexibility index (Phi) is 4.11. The fraction of sp³-hybridized carbons (Fsp3) is 0.500. The molecule has 0 aliphatic carbocycles. The monoisotopic (exact) mass is 249 g/mol. The maximum absolute atomic E-state index is 12.5. The van der Waals surface area contributed by atoms with Crippen LogP contribution in [0.15, 0.2) is 30.3 Å². The number of benzene rings is 1. The van der Waals surface area contributed by atoms with Gasteiger partial charge in [0.05, 0.1) is 11.3 Å². The zero-order valence-electron chi connectivity index (χ0n) is 10.4. The van der Waals surface area contributed by atoms with Crippen LogP contribution >= 0.6 is 11.8 Å². The van der Waals surface area contributed by atoms with E-state index in [0.29, 0.717) is 5.37 Å². The number of nitrogens with zero attached hydrogens (tertiary/aromatic N) is 1. The van der Waals surface area contributed by atoms with Crippen LogP contribution in [0, 0.1) is 0 Å². The third-order valence-electron chi connectivity index (χ3n) is 3.32. The van der Waals surface area contributed by atoms with Crippen LogP contribution in [0.25, 0.3) is 0 Å². The first-order chi connectivity index (χ1) is 8.24. The lowest BCUT2D eigenvalue weighted by molar-refractivity contribution is -0.132. The Labute approximate surface area is 107 Å². The van der Waals surface area contributed by atoms with E-state index in [4.69, 9.17) is 0 Å². The topological polar surface area (TPSA) is 20.3 Å². The molecular formula is C14H19NOS. The van der Waals surface area contributed by atoms with E-state index in [0.717, 1.165) is 24.3 Å². The molecule has 0 N–H and O–H groups in total. The molecule has 0 radical (unpaired) electrons. The van der Waals surface area contributed by atoms with Gasteiger partial charge in [0.2, 0.25) is 5.91 Å². The number of hydrogen-bond donors (Lipinski definition) is 0. The van der Waals surface area contributed by atoms with Crippen LogP contribution in [0.5, 0.6) is 0 Å². The first-order valence-electron chi connectivity index (χ1n) is 6.21. The van der Waals surface area contributed by atoms with Crippen molar-refractivity contribution in [2.75, 3.05) is 12.3 Å². The van der Waals surface area contributed by atoms with Crippen molar-refractivity contribution in [1.29, 1.82) is 0 Å². The van der Waals surface area contributed by atoms with Gasteiger partial charge in [-0.1, -0.05) is 37.3 Å². The molecule has 1 aliphatic rings. The van der Waals surface area contributed by atoms with Gasteiger partial charge < -0.3 is 4.90 Å². The maximum Gasteiger partial charge on any atom is 0.231 e. The Morgan fingerprint density at radius 3 is 2.71 bits per heavy atom. The largest absolute Gasteiger partial charge is 0.330 e. The predicted molar refractivity (Wildman–Crippen MR) is 73.1 cm³/mol. The number of amides is 1. The van der Waals surface area contributed by atoms with Crippen LogP contribution in [-0.4, -0.2) is 28.5 Å². The van der Waals surface area contributed by atoms with Crippen molar-refractivity contribution >= 4 is 17.7 Å². The minimum atomic E-state index is 0.0253. The molecule has 1 amide bonds. The Morgan fingerprint density at radius 2 is 2.18 bits per heavy atom. The molecule has 1 aromatic rings. The van der Waals surface area contributed by atoms with Gasteiger partial charge in [-0.25, -0.2) is 0 Å². The van der Waals surface area contributed by atoms with Gasteiger partial charge in [0, 0.05) is 12.3 Å². The summed E-state index contributed by atoms with van der Waals surface area (Å²) in [5.41, 5.74) is 1.14. The quantitative estimate of drug-likeness (QED) is 0.820. The summed E-state index contributed by atoms with van der Waals surface area (Å²) in [6, 6.07) is 10.1. The third-order valence-corrected chi connectivity index (χ3v) is 4.48. The second-order valence-corrected chi connectivity index (χ2v) is 5.80. The molecule has 3 heteroatoms. The van der Waals surface area contributed by atoms with Crippen molar-refractivity contribution in [1.82, 2.24) is 4.90 Å². The molecule has 2 unspecified atom stereocenters. The number of thioether (sulfide) groups is 1. The predicted octanol–water partition coefficient (Wildman–Crippen LogP) is 3.10. The van der Waals surface area contributed by atoms with Gasteiger partial charge in [-0.3, -0.25) is 4.79 Å². The van der Waals surface area contributed by atoms with Crippen molar-refractivity contribution in [3.05, 3.63) is 35.9 Å². The molecule has 0 bridgehead atoms. The number of carbonyl (C=O) groups is 1. The van der Waals surface area contributed by atoms with Gasteiger partial charge in [0.25, 0.3) is 0 Å². The summed E-state index contributed by atoms with van der Waals surface area (Å²) in [6.45, 7) is 5.10. The number of carbonyl (C=O) groups excluding carboxylic acids is 1. The molecule has 0 saturated carbocycles. The molecule has 0 spiro atoms. The fourth-order valence-electron chi connectivity index (χ4n) is 2.32. The molecule has 1 aliphatic heterocycles. The van der Waals surface area contributed by atoms with Crippen molar-refractivity contribution in [2.24, 2.45) is 0 Å². The van der Waals surface area contributed by atoms with E-state index >= 15 is 0 Å². The summed E-state index contributed by atoms with van der Waals surface area (Å²) in [5.74, 6) is 1.38. The van der Waals surface area contributed by atoms with Gasteiger partial charge in [-0.2, -0.15) is 0 Å². The number of hydrogen-bond acceptors (Lipinski definition) is 2. The maximum atomic E-state index is 12.5. The molecule has 1 fully saturated rings. The summed E-state index contributed by atoms with van der Waals surface area (Å²) >= 11 is 1.86. The Balaban J connectivity index is 2.16. The van der Waals surface area contributed by atoms with Crippen LogP contribution in [0.1, 0.15) is 31.7 Å². The highest BCUT2D eigenvalue weighted by molar-refractivity contribution is 8.00. The lowest BCUT2D eigenvalue weighted by atomic mass is 9.95. The molecule has 17 heavy (non-hydrogen) atoms. The van der Waals surface area contributed by atoms with Crippen molar-refractivity contribution < 1.29 is 4.79 Å². The summed E-state index contributed by atoms with van der Waals surface area (Å²) in [5, 5.41) is 0.334. The van der Waals surface area contributed by atoms with E-state index < -0.39 is 0 Å². The summed E-state index contributed by atoms with van der Waals surface area (Å²) in [6.07, 6.45) is 0.872. The average molecular weight is 249 g/mol. The smallest absolute Gasteiger partial charge is 0.231 e. The van der Waals surface area contributed by atoms with Crippen LogP contribution in [0.3, 0.4) is 0 Å². The second kappa shape index (κ2) is 5.58. The van der Waals surface area contributed by atoms with Crippen LogP contribution in [0.2, 0.25) is 0 Å². The van der Waals surface area contributed by atoms with Gasteiger partial charge in [-0.05, 0) is 18.9 Å². The molecule has 92 valence electrons. The minimum Gasteiger partial charge on any atom is -0.330 e. The van der Waals surface area contributed by atoms with Crippen LogP contribution < -0.4 is 0 Å². The minimum absolute atomic E-state index is 0.0253. The normalized spacial score (nSPS) is 21.5. The van der Waals surface area contributed by atoms with E-state index in [-0.39, 0.29) is 11.8 Å². The van der Waals surface area contributed by atoms with Crippen molar-refractivity contribution in [3.63, 3.8) is 0 Å². The highest BCUT2D eigenvalue weighted by atomic mass is 32.2. The summed E-state index contributed by atoms with van der Waals surface area (Å²) in [4.78, 5) is 14.5. The molecule has 1 heterocycles. The Hall–Kier alpha value is -0.960. The zero-order valence-corrected chi connectivity index (χ0v) is 11.2. The second-order valence-electron chi connectivity index (χ2n) is 4.37. The van der Waals surface area contributed by atoms with Crippen molar-refractivity contribution in [2.45, 2.75) is 31.6 Å². The van der Waals surface area contributed by atoms with Crippen molar-refractivity contribution in [3.8, 4) is 0 Å². The lowest BCUT2D eigenvalue weighted by Gasteiger charge is -2.25. The number of rotatable bonds is 3. The van der Waals surface area contributed by atoms with Gasteiger partial charge in [0.15, 0.2) is 0 Å². The van der Waals surface area contributed by atoms with E-state index in [9.17, 15) is 4.79 Å². The van der Waals surface area contributed by atoms with Crippen LogP contribution in [-0.2, 0) is 4.79 Å². The van der Waals surface area contributed by atoms with E-state index in [1.165, 1.54) is 0 Å². The molecule has 2 atom stereocenters. The first-order valence-corrected chi connectivity index (χ1v) is 7.26. The average Bonchev–Trinajstić information content (AvgIpc) is 2.77. The van der Waals surface area contributed by atoms with Crippen LogP contribution in [0.4, 0.5) is 0 Å². The van der Waals surface area contributed by atoms with Gasteiger partial charge >= 0.3 is 0 Å². The standard InChI is InChI=1S/C14H19NOS/c1-3-13(12-7-5-4-6-8-12)14(16)15-9-10-17-11(15)2/h4-8,11,13H,3,9-10H2,1-2H3. The molecule has 1 aromatic carbocycles. The van der Waals surface area contributed by atoms with Gasteiger partial charge in [0.1, 0.15) is 0 Å². The highest BCUT2D eigenvalue weighted by Crippen LogP contribution is 2.29. The van der Waals surface area contributed by atoms with E-state index in [1.807, 2.05) is 34.9 Å². The molecule has 2 nitrogen and oxygen atoms in total. The third kappa shape index (κ3) is 2.65. The molecule has 1 saturated heterocycles. The Morgan fingerprint density at radius 1 is 1.47 bits per heavy atom. The molecule has 0 aromatic heterocycles. The molecular weight excluding hydrogens is 230 g/mol. The SMILES string of the molecule is CCC(C(=O)N1CCSC1C)c1ccccc1. The zero-order chi connectivity index (χ0) is 12.3. The molecule has 2 rings (SSSR count). The summed E-state index contributed by atoms with van der Waals surface area (Å²) in [7, 11) is 0. The summed E-state index contributed by atoms with van der Waals surface area (Å²) < 4.78 is 0. The van der Waals surface area contributed by atoms with Gasteiger partial charge in [-0.15, -0.1) is 11.8 Å². The van der Waals surface area contributed by atoms with E-state index in [1.54, 1.807) is 0 Å². The first kappa shape index (κ1) is 12.5. The highest BCUT2D eigenvalue weighted by Gasteiger charge is 2.30.